The van der Waals surface area contributed by atoms with Gasteiger partial charge >= 0.3 is 4.87 Å². The van der Waals surface area contributed by atoms with E-state index in [4.69, 9.17) is 4.42 Å². The van der Waals surface area contributed by atoms with Crippen LogP contribution in [0.15, 0.2) is 45.8 Å². The van der Waals surface area contributed by atoms with Crippen molar-refractivity contribution in [3.05, 3.63) is 57.6 Å². The topological polar surface area (TPSA) is 55.5 Å². The minimum Gasteiger partial charge on any atom is -0.461 e. The number of benzene rings is 1. The van der Waals surface area contributed by atoms with E-state index in [9.17, 15) is 9.59 Å². The number of likely N-dealkylation sites (tertiary alicyclic amines) is 1. The summed E-state index contributed by atoms with van der Waals surface area (Å²) in [6, 6.07) is 8.81. The monoisotopic (exact) mass is 370 g/mol. The molecule has 0 N–H and O–H groups in total. The Morgan fingerprint density at radius 3 is 2.62 bits per heavy atom. The standard InChI is InChI=1S/C20H22N2O3S/c23-19(17-6-5-13-25-17)15-7-8-16-18(14-15)26-20(24)22(16)12-11-21-9-3-1-2-4-10-21/h5-8,13-14H,1-4,9-12H2. The number of furan rings is 1. The highest BCUT2D eigenvalue weighted by molar-refractivity contribution is 7.16. The van der Waals surface area contributed by atoms with Crippen LogP contribution in [0, 0.1) is 0 Å². The molecule has 0 amide bonds. The molecule has 1 aliphatic rings. The maximum Gasteiger partial charge on any atom is 0.308 e. The van der Waals surface area contributed by atoms with Gasteiger partial charge in [0.1, 0.15) is 0 Å². The summed E-state index contributed by atoms with van der Waals surface area (Å²) >= 11 is 1.20. The summed E-state index contributed by atoms with van der Waals surface area (Å²) in [5.74, 6) is 0.158. The van der Waals surface area contributed by atoms with Crippen LogP contribution in [-0.2, 0) is 6.54 Å². The number of hydrogen-bond donors (Lipinski definition) is 0. The molecule has 1 saturated heterocycles. The molecule has 1 aliphatic heterocycles. The van der Waals surface area contributed by atoms with Crippen LogP contribution in [0.5, 0.6) is 0 Å². The van der Waals surface area contributed by atoms with Crippen molar-refractivity contribution in [3.8, 4) is 0 Å². The second-order valence-corrected chi connectivity index (χ2v) is 7.76. The van der Waals surface area contributed by atoms with Gasteiger partial charge in [-0.05, 0) is 56.3 Å². The van der Waals surface area contributed by atoms with Crippen LogP contribution in [0.1, 0.15) is 41.8 Å². The number of carbonyl (C=O) groups is 1. The summed E-state index contributed by atoms with van der Waals surface area (Å²) in [5, 5.41) is 0. The molecule has 1 fully saturated rings. The summed E-state index contributed by atoms with van der Waals surface area (Å²) < 4.78 is 7.88. The zero-order chi connectivity index (χ0) is 17.9. The van der Waals surface area contributed by atoms with Gasteiger partial charge in [-0.15, -0.1) is 0 Å². The molecule has 5 nitrogen and oxygen atoms in total. The molecule has 26 heavy (non-hydrogen) atoms. The predicted octanol–water partition coefficient (Wildman–Crippen LogP) is 3.76. The van der Waals surface area contributed by atoms with E-state index in [0.717, 1.165) is 29.9 Å². The smallest absolute Gasteiger partial charge is 0.308 e. The SMILES string of the molecule is O=C(c1ccc2c(c1)sc(=O)n2CCN1CCCCCC1)c1ccco1. The van der Waals surface area contributed by atoms with Crippen LogP contribution in [0.3, 0.4) is 0 Å². The minimum atomic E-state index is -0.158. The molecular formula is C20H22N2O3S. The van der Waals surface area contributed by atoms with Gasteiger partial charge in [0, 0.05) is 18.7 Å². The molecule has 0 bridgehead atoms. The Balaban J connectivity index is 1.55. The summed E-state index contributed by atoms with van der Waals surface area (Å²) in [6.45, 7) is 3.85. The molecule has 0 spiro atoms. The van der Waals surface area contributed by atoms with Crippen molar-refractivity contribution in [2.45, 2.75) is 32.2 Å². The Labute approximate surface area is 155 Å². The Morgan fingerprint density at radius 2 is 1.88 bits per heavy atom. The first-order valence-corrected chi connectivity index (χ1v) is 9.98. The molecular weight excluding hydrogens is 348 g/mol. The molecule has 0 atom stereocenters. The van der Waals surface area contributed by atoms with Crippen molar-refractivity contribution in [1.82, 2.24) is 9.47 Å². The lowest BCUT2D eigenvalue weighted by Gasteiger charge is -2.19. The van der Waals surface area contributed by atoms with Crippen LogP contribution in [-0.4, -0.2) is 34.9 Å². The summed E-state index contributed by atoms with van der Waals surface area (Å²) in [4.78, 5) is 27.4. The van der Waals surface area contributed by atoms with Crippen molar-refractivity contribution in [1.29, 1.82) is 0 Å². The van der Waals surface area contributed by atoms with Gasteiger partial charge in [-0.1, -0.05) is 24.2 Å². The average molecular weight is 370 g/mol. The lowest BCUT2D eigenvalue weighted by atomic mass is 10.1. The largest absolute Gasteiger partial charge is 0.461 e. The molecule has 3 heterocycles. The third kappa shape index (κ3) is 3.52. The molecule has 6 heteroatoms. The van der Waals surface area contributed by atoms with Crippen LogP contribution in [0.25, 0.3) is 10.2 Å². The normalized spacial score (nSPS) is 16.0. The van der Waals surface area contributed by atoms with Gasteiger partial charge in [-0.3, -0.25) is 14.2 Å². The van der Waals surface area contributed by atoms with E-state index in [1.54, 1.807) is 24.3 Å². The lowest BCUT2D eigenvalue weighted by Crippen LogP contribution is -2.30. The molecule has 0 aliphatic carbocycles. The van der Waals surface area contributed by atoms with Gasteiger partial charge in [-0.2, -0.15) is 0 Å². The minimum absolute atomic E-state index is 0.0393. The van der Waals surface area contributed by atoms with Gasteiger partial charge in [0.25, 0.3) is 0 Å². The predicted molar refractivity (Wildman–Crippen MR) is 103 cm³/mol. The van der Waals surface area contributed by atoms with Crippen LogP contribution < -0.4 is 4.87 Å². The van der Waals surface area contributed by atoms with Crippen molar-refractivity contribution < 1.29 is 9.21 Å². The summed E-state index contributed by atoms with van der Waals surface area (Å²) in [7, 11) is 0. The molecule has 4 rings (SSSR count). The summed E-state index contributed by atoms with van der Waals surface area (Å²) in [6.07, 6.45) is 6.60. The van der Waals surface area contributed by atoms with Gasteiger partial charge in [0.2, 0.25) is 5.78 Å². The van der Waals surface area contributed by atoms with E-state index in [-0.39, 0.29) is 10.7 Å². The van der Waals surface area contributed by atoms with E-state index in [2.05, 4.69) is 4.90 Å². The van der Waals surface area contributed by atoms with E-state index in [1.807, 2.05) is 10.6 Å². The number of ketones is 1. The zero-order valence-electron chi connectivity index (χ0n) is 14.6. The van der Waals surface area contributed by atoms with Crippen LogP contribution in [0.4, 0.5) is 0 Å². The maximum absolute atomic E-state index is 12.4. The Kier molecular flexibility index (Phi) is 5.04. The fraction of sp³-hybridized carbons (Fsp3) is 0.400. The second kappa shape index (κ2) is 7.60. The van der Waals surface area contributed by atoms with Gasteiger partial charge in [0.15, 0.2) is 5.76 Å². The van der Waals surface area contributed by atoms with Gasteiger partial charge < -0.3 is 9.32 Å². The Bertz CT molecular complexity index is 947. The average Bonchev–Trinajstić information content (AvgIpc) is 3.20. The van der Waals surface area contributed by atoms with Crippen molar-refractivity contribution >= 4 is 27.3 Å². The number of aromatic nitrogens is 1. The molecule has 0 unspecified atom stereocenters. The molecule has 0 radical (unpaired) electrons. The number of fused-ring (bicyclic) bond motifs is 1. The third-order valence-corrected chi connectivity index (χ3v) is 5.96. The maximum atomic E-state index is 12.4. The highest BCUT2D eigenvalue weighted by Crippen LogP contribution is 2.21. The fourth-order valence-electron chi connectivity index (χ4n) is 3.57. The number of hydrogen-bond acceptors (Lipinski definition) is 5. The van der Waals surface area contributed by atoms with E-state index < -0.39 is 0 Å². The first kappa shape index (κ1) is 17.2. The number of nitrogens with zero attached hydrogens (tertiary/aromatic N) is 2. The first-order chi connectivity index (χ1) is 12.7. The molecule has 1 aromatic carbocycles. The van der Waals surface area contributed by atoms with Crippen molar-refractivity contribution in [2.75, 3.05) is 19.6 Å². The highest BCUT2D eigenvalue weighted by atomic mass is 32.1. The Hall–Kier alpha value is -2.18. The Morgan fingerprint density at radius 1 is 1.08 bits per heavy atom. The lowest BCUT2D eigenvalue weighted by molar-refractivity contribution is 0.101. The number of carbonyl (C=O) groups excluding carboxylic acids is 1. The second-order valence-electron chi connectivity index (χ2n) is 6.76. The molecule has 2 aromatic heterocycles. The van der Waals surface area contributed by atoms with Crippen molar-refractivity contribution in [3.63, 3.8) is 0 Å². The number of thiazole rings is 1. The van der Waals surface area contributed by atoms with Crippen LogP contribution in [0.2, 0.25) is 0 Å². The highest BCUT2D eigenvalue weighted by Gasteiger charge is 2.16. The molecule has 0 saturated carbocycles. The first-order valence-electron chi connectivity index (χ1n) is 9.16. The molecule has 3 aromatic rings. The molecule has 136 valence electrons. The van der Waals surface area contributed by atoms with E-state index in [0.29, 0.717) is 17.9 Å². The van der Waals surface area contributed by atoms with E-state index in [1.165, 1.54) is 43.3 Å². The van der Waals surface area contributed by atoms with Crippen LogP contribution >= 0.6 is 11.3 Å². The quantitative estimate of drug-likeness (QED) is 0.642. The third-order valence-electron chi connectivity index (χ3n) is 5.01. The summed E-state index contributed by atoms with van der Waals surface area (Å²) in [5.41, 5.74) is 1.46. The number of rotatable bonds is 5. The zero-order valence-corrected chi connectivity index (χ0v) is 15.5. The van der Waals surface area contributed by atoms with E-state index >= 15 is 0 Å². The fourth-order valence-corrected chi connectivity index (χ4v) is 4.53. The van der Waals surface area contributed by atoms with Gasteiger partial charge in [0.05, 0.1) is 16.5 Å². The van der Waals surface area contributed by atoms with Crippen molar-refractivity contribution in [2.24, 2.45) is 0 Å². The van der Waals surface area contributed by atoms with Gasteiger partial charge in [-0.25, -0.2) is 0 Å².